The van der Waals surface area contributed by atoms with Crippen molar-refractivity contribution in [3.05, 3.63) is 36.4 Å². The van der Waals surface area contributed by atoms with Crippen LogP contribution < -0.4 is 0 Å². The minimum absolute atomic E-state index is 0.590. The summed E-state index contributed by atoms with van der Waals surface area (Å²) in [4.78, 5) is 8.12. The first-order valence-corrected chi connectivity index (χ1v) is 4.53. The van der Waals surface area contributed by atoms with Crippen molar-refractivity contribution in [2.75, 3.05) is 0 Å². The third kappa shape index (κ3) is 3.71. The van der Waals surface area contributed by atoms with Crippen LogP contribution in [0.3, 0.4) is 0 Å². The zero-order valence-electron chi connectivity index (χ0n) is 8.12. The smallest absolute Gasteiger partial charge is 0.139 e. The number of allylic oxidation sites excluding steroid dienone is 2. The molecular formula is C11H14N2. The first-order chi connectivity index (χ1) is 6.33. The number of nitrogens with zero attached hydrogens (tertiary/aromatic N) is 2. The number of rotatable bonds is 4. The van der Waals surface area contributed by atoms with Gasteiger partial charge in [0.25, 0.3) is 0 Å². The van der Waals surface area contributed by atoms with Crippen LogP contribution >= 0.6 is 0 Å². The van der Waals surface area contributed by atoms with Crippen LogP contribution in [0, 0.1) is 18.2 Å². The molecule has 0 amide bonds. The molecule has 0 aromatic carbocycles. The van der Waals surface area contributed by atoms with Gasteiger partial charge in [0.15, 0.2) is 0 Å². The highest BCUT2D eigenvalue weighted by molar-refractivity contribution is 4.87. The Kier molecular flexibility index (Phi) is 3.98. The van der Waals surface area contributed by atoms with Crippen molar-refractivity contribution in [1.29, 1.82) is 0 Å². The summed E-state index contributed by atoms with van der Waals surface area (Å²) in [5.41, 5.74) is 0. The van der Waals surface area contributed by atoms with Gasteiger partial charge in [-0.2, -0.15) is 4.98 Å². The van der Waals surface area contributed by atoms with E-state index in [0.717, 1.165) is 18.7 Å². The van der Waals surface area contributed by atoms with Gasteiger partial charge in [0, 0.05) is 12.6 Å². The van der Waals surface area contributed by atoms with Crippen LogP contribution in [-0.2, 0) is 6.42 Å². The lowest BCUT2D eigenvalue weighted by atomic mass is 10.0. The lowest BCUT2D eigenvalue weighted by Gasteiger charge is -2.05. The van der Waals surface area contributed by atoms with Crippen LogP contribution in [0.2, 0.25) is 0 Å². The van der Waals surface area contributed by atoms with Crippen LogP contribution in [-0.4, -0.2) is 9.97 Å². The third-order valence-electron chi connectivity index (χ3n) is 1.83. The van der Waals surface area contributed by atoms with Gasteiger partial charge in [-0.1, -0.05) is 19.1 Å². The van der Waals surface area contributed by atoms with Crippen molar-refractivity contribution in [3.8, 4) is 0 Å². The normalized spacial score (nSPS) is 12.8. The number of hydrogen-bond acceptors (Lipinski definition) is 2. The Morgan fingerprint density at radius 2 is 2.46 bits per heavy atom. The lowest BCUT2D eigenvalue weighted by molar-refractivity contribution is 0.570. The molecule has 1 heterocycles. The Bertz CT molecular complexity index is 254. The van der Waals surface area contributed by atoms with E-state index in [1.807, 2.05) is 6.92 Å². The highest BCUT2D eigenvalue weighted by atomic mass is 14.8. The molecule has 0 aliphatic rings. The van der Waals surface area contributed by atoms with E-state index in [4.69, 9.17) is 0 Å². The maximum absolute atomic E-state index is 4.10. The summed E-state index contributed by atoms with van der Waals surface area (Å²) >= 11 is 0. The lowest BCUT2D eigenvalue weighted by Crippen LogP contribution is -2.01. The Hall–Kier alpha value is -1.36. The van der Waals surface area contributed by atoms with Gasteiger partial charge in [0.1, 0.15) is 5.82 Å². The second-order valence-corrected chi connectivity index (χ2v) is 3.16. The molecule has 0 N–H and O–H groups in total. The average Bonchev–Trinajstić information content (AvgIpc) is 2.16. The first kappa shape index (κ1) is 9.73. The van der Waals surface area contributed by atoms with Crippen molar-refractivity contribution < 1.29 is 0 Å². The zero-order chi connectivity index (χ0) is 9.52. The summed E-state index contributed by atoms with van der Waals surface area (Å²) in [5.74, 6) is 1.45. The summed E-state index contributed by atoms with van der Waals surface area (Å²) in [6.07, 6.45) is 10.5. The maximum Gasteiger partial charge on any atom is 0.139 e. The second kappa shape index (κ2) is 5.31. The number of aromatic nitrogens is 2. The fraction of sp³-hybridized carbons (Fsp3) is 0.455. The van der Waals surface area contributed by atoms with Gasteiger partial charge < -0.3 is 0 Å². The predicted molar refractivity (Wildman–Crippen MR) is 52.0 cm³/mol. The summed E-state index contributed by atoms with van der Waals surface area (Å²) in [6.45, 7) is 4.23. The van der Waals surface area contributed by atoms with Crippen molar-refractivity contribution in [3.63, 3.8) is 0 Å². The molecule has 1 aromatic heterocycles. The fourth-order valence-electron chi connectivity index (χ4n) is 1.12. The molecule has 0 saturated heterocycles. The monoisotopic (exact) mass is 174 g/mol. The maximum atomic E-state index is 4.10. The molecular weight excluding hydrogens is 160 g/mol. The first-order valence-electron chi connectivity index (χ1n) is 4.53. The Morgan fingerprint density at radius 1 is 1.62 bits per heavy atom. The van der Waals surface area contributed by atoms with Crippen molar-refractivity contribution >= 4 is 0 Å². The van der Waals surface area contributed by atoms with E-state index in [-0.39, 0.29) is 0 Å². The van der Waals surface area contributed by atoms with Gasteiger partial charge in [-0.3, -0.25) is 0 Å². The van der Waals surface area contributed by atoms with Crippen molar-refractivity contribution in [2.24, 2.45) is 5.92 Å². The molecule has 0 aliphatic carbocycles. The second-order valence-electron chi connectivity index (χ2n) is 3.16. The van der Waals surface area contributed by atoms with Gasteiger partial charge in [-0.15, -0.1) is 0 Å². The molecule has 0 saturated carbocycles. The van der Waals surface area contributed by atoms with Crippen LogP contribution in [0.25, 0.3) is 0 Å². The molecule has 68 valence electrons. The summed E-state index contributed by atoms with van der Waals surface area (Å²) in [5, 5.41) is 0. The van der Waals surface area contributed by atoms with Gasteiger partial charge in [-0.05, 0) is 25.3 Å². The molecule has 2 heteroatoms. The molecule has 13 heavy (non-hydrogen) atoms. The van der Waals surface area contributed by atoms with E-state index >= 15 is 0 Å². The fourth-order valence-corrected chi connectivity index (χ4v) is 1.12. The Balaban J connectivity index is 2.40. The summed E-state index contributed by atoms with van der Waals surface area (Å²) in [7, 11) is 0. The van der Waals surface area contributed by atoms with E-state index in [2.05, 4.69) is 41.3 Å². The number of hydrogen-bond donors (Lipinski definition) is 0. The molecule has 2 nitrogen and oxygen atoms in total. The van der Waals surface area contributed by atoms with E-state index in [1.54, 1.807) is 6.20 Å². The molecule has 1 rings (SSSR count). The zero-order valence-corrected chi connectivity index (χ0v) is 8.12. The van der Waals surface area contributed by atoms with E-state index < -0.39 is 0 Å². The van der Waals surface area contributed by atoms with E-state index in [0.29, 0.717) is 5.92 Å². The summed E-state index contributed by atoms with van der Waals surface area (Å²) < 4.78 is 0. The average molecular weight is 174 g/mol. The minimum atomic E-state index is 0.590. The largest absolute Gasteiger partial charge is 0.231 e. The molecule has 1 atom stereocenters. The topological polar surface area (TPSA) is 25.8 Å². The van der Waals surface area contributed by atoms with Crippen LogP contribution in [0.5, 0.6) is 0 Å². The molecule has 0 bridgehead atoms. The van der Waals surface area contributed by atoms with Crippen molar-refractivity contribution in [1.82, 2.24) is 9.97 Å². The Morgan fingerprint density at radius 3 is 3.08 bits per heavy atom. The van der Waals surface area contributed by atoms with Gasteiger partial charge >= 0.3 is 0 Å². The Labute approximate surface area is 79.7 Å². The third-order valence-corrected chi connectivity index (χ3v) is 1.83. The van der Waals surface area contributed by atoms with Crippen LogP contribution in [0.15, 0.2) is 18.3 Å². The quantitative estimate of drug-likeness (QED) is 0.654. The molecule has 1 unspecified atom stereocenters. The van der Waals surface area contributed by atoms with E-state index in [9.17, 15) is 0 Å². The molecule has 0 radical (unpaired) electrons. The van der Waals surface area contributed by atoms with Crippen molar-refractivity contribution in [2.45, 2.75) is 26.7 Å². The van der Waals surface area contributed by atoms with Crippen LogP contribution in [0.4, 0.5) is 0 Å². The molecule has 0 aliphatic heterocycles. The van der Waals surface area contributed by atoms with Gasteiger partial charge in [0.2, 0.25) is 0 Å². The highest BCUT2D eigenvalue weighted by Gasteiger charge is 2.02. The predicted octanol–water partition coefficient (Wildman–Crippen LogP) is 2.22. The van der Waals surface area contributed by atoms with Gasteiger partial charge in [0.05, 0.1) is 6.20 Å². The molecule has 1 aromatic rings. The molecule has 0 fully saturated rings. The highest BCUT2D eigenvalue weighted by Crippen LogP contribution is 2.07. The van der Waals surface area contributed by atoms with Gasteiger partial charge in [-0.25, -0.2) is 4.98 Å². The minimum Gasteiger partial charge on any atom is -0.231 e. The summed E-state index contributed by atoms with van der Waals surface area (Å²) in [6, 6.07) is 2.69. The standard InChI is InChI=1S/C11H14N2/c1-3-4-6-10(2)9-11-12-7-5-8-13-11/h3-4,7,10H,6,9H2,1-2H3/b4-3-. The van der Waals surface area contributed by atoms with E-state index in [1.165, 1.54) is 0 Å². The van der Waals surface area contributed by atoms with Crippen LogP contribution in [0.1, 0.15) is 26.1 Å². The molecule has 0 spiro atoms. The SMILES string of the molecule is C/C=C\CC(C)Cc1nc#ccn1.